The molecule has 1 amide bonds. The lowest BCUT2D eigenvalue weighted by Gasteiger charge is -2.08. The van der Waals surface area contributed by atoms with Gasteiger partial charge in [0.25, 0.3) is 5.91 Å². The summed E-state index contributed by atoms with van der Waals surface area (Å²) in [5, 5.41) is 7.32. The summed E-state index contributed by atoms with van der Waals surface area (Å²) in [7, 11) is 0. The van der Waals surface area contributed by atoms with Crippen molar-refractivity contribution >= 4 is 40.6 Å². The van der Waals surface area contributed by atoms with Gasteiger partial charge in [0, 0.05) is 22.2 Å². The molecule has 3 rings (SSSR count). The highest BCUT2D eigenvalue weighted by Gasteiger charge is 2.06. The first-order valence-corrected chi connectivity index (χ1v) is 8.37. The summed E-state index contributed by atoms with van der Waals surface area (Å²) in [5.74, 6) is 0.253. The van der Waals surface area contributed by atoms with Crippen LogP contribution < -0.4 is 10.6 Å². The zero-order valence-electron chi connectivity index (χ0n) is 13.2. The molecule has 2 N–H and O–H groups in total. The molecule has 3 aromatic rings. The average molecular weight is 372 g/mol. The van der Waals surface area contributed by atoms with Crippen molar-refractivity contribution in [3.63, 3.8) is 0 Å². The molecule has 0 saturated heterocycles. The predicted octanol–water partition coefficient (Wildman–Crippen LogP) is 5.25. The molecule has 0 unspecified atom stereocenters. The molecule has 0 bridgehead atoms. The molecular weight excluding hydrogens is 357 g/mol. The van der Waals surface area contributed by atoms with Crippen molar-refractivity contribution in [1.29, 1.82) is 0 Å². The molecule has 0 radical (unpaired) electrons. The van der Waals surface area contributed by atoms with Gasteiger partial charge < -0.3 is 10.6 Å². The Morgan fingerprint density at radius 1 is 0.880 bits per heavy atom. The van der Waals surface area contributed by atoms with E-state index in [2.05, 4.69) is 15.6 Å². The summed E-state index contributed by atoms with van der Waals surface area (Å²) in [6, 6.07) is 17.9. The second-order valence-electron chi connectivity index (χ2n) is 5.37. The number of aromatic nitrogens is 1. The van der Waals surface area contributed by atoms with Crippen molar-refractivity contribution in [2.45, 2.75) is 6.54 Å². The number of nitrogens with one attached hydrogen (secondary N) is 2. The molecule has 25 heavy (non-hydrogen) atoms. The van der Waals surface area contributed by atoms with Crippen LogP contribution in [-0.4, -0.2) is 10.9 Å². The zero-order valence-corrected chi connectivity index (χ0v) is 14.7. The first-order chi connectivity index (χ1) is 12.1. The van der Waals surface area contributed by atoms with E-state index in [9.17, 15) is 4.79 Å². The molecule has 0 atom stereocenters. The normalized spacial score (nSPS) is 10.3. The molecule has 1 heterocycles. The molecule has 0 spiro atoms. The van der Waals surface area contributed by atoms with Crippen LogP contribution in [0.4, 0.5) is 11.5 Å². The van der Waals surface area contributed by atoms with Gasteiger partial charge in [-0.15, -0.1) is 0 Å². The van der Waals surface area contributed by atoms with E-state index in [1.54, 1.807) is 36.5 Å². The fraction of sp³-hybridized carbons (Fsp3) is 0.0526. The van der Waals surface area contributed by atoms with Gasteiger partial charge in [-0.3, -0.25) is 4.79 Å². The van der Waals surface area contributed by atoms with Crippen molar-refractivity contribution in [3.05, 3.63) is 88.0 Å². The first-order valence-electron chi connectivity index (χ1n) is 7.61. The number of nitrogens with zero attached hydrogens (tertiary/aromatic N) is 1. The lowest BCUT2D eigenvalue weighted by Crippen LogP contribution is -2.12. The van der Waals surface area contributed by atoms with Crippen LogP contribution in [0.5, 0.6) is 0 Å². The Morgan fingerprint density at radius 2 is 1.52 bits per heavy atom. The number of rotatable bonds is 5. The highest BCUT2D eigenvalue weighted by Crippen LogP contribution is 2.15. The molecule has 0 aliphatic rings. The summed E-state index contributed by atoms with van der Waals surface area (Å²) in [5.41, 5.74) is 2.50. The maximum Gasteiger partial charge on any atom is 0.256 e. The fourth-order valence-electron chi connectivity index (χ4n) is 2.17. The molecule has 4 nitrogen and oxygen atoms in total. The standard InChI is InChI=1S/C19H15Cl2N3O/c20-15-5-1-13(2-6-15)11-22-17-9-10-18(23-12-17)24-19(25)14-3-7-16(21)8-4-14/h1-10,12,22H,11H2,(H,23,24,25). The molecule has 6 heteroatoms. The Hall–Kier alpha value is -2.56. The van der Waals surface area contributed by atoms with E-state index < -0.39 is 0 Å². The average Bonchev–Trinajstić information content (AvgIpc) is 2.63. The second kappa shape index (κ2) is 8.01. The number of carbonyl (C=O) groups excluding carboxylic acids is 1. The van der Waals surface area contributed by atoms with Crippen molar-refractivity contribution in [2.24, 2.45) is 0 Å². The van der Waals surface area contributed by atoms with E-state index >= 15 is 0 Å². The molecule has 1 aromatic heterocycles. The van der Waals surface area contributed by atoms with Crippen LogP contribution in [0, 0.1) is 0 Å². The number of amides is 1. The minimum absolute atomic E-state index is 0.231. The summed E-state index contributed by atoms with van der Waals surface area (Å²) < 4.78 is 0. The lowest BCUT2D eigenvalue weighted by atomic mass is 10.2. The van der Waals surface area contributed by atoms with Crippen LogP contribution in [0.3, 0.4) is 0 Å². The van der Waals surface area contributed by atoms with Crippen LogP contribution in [0.2, 0.25) is 10.0 Å². The van der Waals surface area contributed by atoms with Crippen molar-refractivity contribution < 1.29 is 4.79 Å². The van der Waals surface area contributed by atoms with Crippen LogP contribution in [0.15, 0.2) is 66.9 Å². The van der Waals surface area contributed by atoms with E-state index in [4.69, 9.17) is 23.2 Å². The smallest absolute Gasteiger partial charge is 0.256 e. The van der Waals surface area contributed by atoms with Gasteiger partial charge in [0.05, 0.1) is 11.9 Å². The largest absolute Gasteiger partial charge is 0.380 e. The van der Waals surface area contributed by atoms with E-state index in [1.807, 2.05) is 30.3 Å². The SMILES string of the molecule is O=C(Nc1ccc(NCc2ccc(Cl)cc2)cn1)c1ccc(Cl)cc1. The van der Waals surface area contributed by atoms with Gasteiger partial charge in [-0.05, 0) is 54.1 Å². The Balaban J connectivity index is 1.57. The number of carbonyl (C=O) groups is 1. The zero-order chi connectivity index (χ0) is 17.6. The minimum Gasteiger partial charge on any atom is -0.380 e. The Kier molecular flexibility index (Phi) is 5.53. The lowest BCUT2D eigenvalue weighted by molar-refractivity contribution is 0.102. The number of hydrogen-bond acceptors (Lipinski definition) is 3. The maximum atomic E-state index is 12.1. The van der Waals surface area contributed by atoms with Crippen molar-refractivity contribution in [1.82, 2.24) is 4.98 Å². The van der Waals surface area contributed by atoms with Crippen molar-refractivity contribution in [3.8, 4) is 0 Å². The minimum atomic E-state index is -0.231. The van der Waals surface area contributed by atoms with E-state index in [0.717, 1.165) is 11.3 Å². The second-order valence-corrected chi connectivity index (χ2v) is 6.25. The summed E-state index contributed by atoms with van der Waals surface area (Å²) in [4.78, 5) is 16.4. The van der Waals surface area contributed by atoms with Crippen LogP contribution in [0.25, 0.3) is 0 Å². The summed E-state index contributed by atoms with van der Waals surface area (Å²) in [6.45, 7) is 0.662. The van der Waals surface area contributed by atoms with Gasteiger partial charge in [-0.1, -0.05) is 35.3 Å². The highest BCUT2D eigenvalue weighted by atomic mass is 35.5. The van der Waals surface area contributed by atoms with Gasteiger partial charge in [-0.25, -0.2) is 4.98 Å². The van der Waals surface area contributed by atoms with Crippen LogP contribution in [0.1, 0.15) is 15.9 Å². The third-order valence-corrected chi connectivity index (χ3v) is 4.03. The fourth-order valence-corrected chi connectivity index (χ4v) is 2.42. The van der Waals surface area contributed by atoms with Gasteiger partial charge >= 0.3 is 0 Å². The quantitative estimate of drug-likeness (QED) is 0.643. The topological polar surface area (TPSA) is 54.0 Å². The summed E-state index contributed by atoms with van der Waals surface area (Å²) in [6.07, 6.45) is 1.67. The molecule has 0 saturated carbocycles. The van der Waals surface area contributed by atoms with E-state index in [0.29, 0.717) is 28.0 Å². The molecule has 0 fully saturated rings. The summed E-state index contributed by atoms with van der Waals surface area (Å²) >= 11 is 11.7. The monoisotopic (exact) mass is 371 g/mol. The van der Waals surface area contributed by atoms with Gasteiger partial charge in [0.2, 0.25) is 0 Å². The van der Waals surface area contributed by atoms with Crippen LogP contribution in [-0.2, 0) is 6.54 Å². The molecule has 2 aromatic carbocycles. The third kappa shape index (κ3) is 4.95. The Bertz CT molecular complexity index is 847. The third-order valence-electron chi connectivity index (χ3n) is 3.52. The Morgan fingerprint density at radius 3 is 2.12 bits per heavy atom. The van der Waals surface area contributed by atoms with Gasteiger partial charge in [-0.2, -0.15) is 0 Å². The van der Waals surface area contributed by atoms with E-state index in [-0.39, 0.29) is 5.91 Å². The number of anilines is 2. The molecule has 0 aliphatic heterocycles. The first kappa shape index (κ1) is 17.3. The molecule has 0 aliphatic carbocycles. The molecule has 126 valence electrons. The van der Waals surface area contributed by atoms with Gasteiger partial charge in [0.1, 0.15) is 5.82 Å². The highest BCUT2D eigenvalue weighted by molar-refractivity contribution is 6.30. The Labute approximate surface area is 155 Å². The number of halogens is 2. The maximum absolute atomic E-state index is 12.1. The van der Waals surface area contributed by atoms with Crippen LogP contribution >= 0.6 is 23.2 Å². The van der Waals surface area contributed by atoms with E-state index in [1.165, 1.54) is 0 Å². The number of benzene rings is 2. The van der Waals surface area contributed by atoms with Crippen molar-refractivity contribution in [2.75, 3.05) is 10.6 Å². The predicted molar refractivity (Wildman–Crippen MR) is 102 cm³/mol. The number of hydrogen-bond donors (Lipinski definition) is 2. The molecular formula is C19H15Cl2N3O. The van der Waals surface area contributed by atoms with Gasteiger partial charge in [0.15, 0.2) is 0 Å². The number of pyridine rings is 1.